The number of hydrogen-bond acceptors (Lipinski definition) is 15. The molecule has 0 aromatic heterocycles. The summed E-state index contributed by atoms with van der Waals surface area (Å²) in [6.45, 7) is 14.2. The third-order valence-corrected chi connectivity index (χ3v) is 21.2. The van der Waals surface area contributed by atoms with Gasteiger partial charge in [0.1, 0.15) is 19.3 Å². The monoisotopic (exact) mass is 1490 g/mol. The van der Waals surface area contributed by atoms with Gasteiger partial charge in [0.05, 0.1) is 26.4 Å². The van der Waals surface area contributed by atoms with Gasteiger partial charge in [-0.2, -0.15) is 0 Å². The van der Waals surface area contributed by atoms with Crippen LogP contribution in [0, 0.1) is 23.7 Å². The molecular weight excluding hydrogens is 1330 g/mol. The molecule has 0 spiro atoms. The smallest absolute Gasteiger partial charge is 0.462 e. The minimum absolute atomic E-state index is 0.105. The molecule has 3 N–H and O–H groups in total. The third-order valence-electron chi connectivity index (χ3n) is 19.3. The summed E-state index contributed by atoms with van der Waals surface area (Å²) < 4.78 is 68.7. The lowest BCUT2D eigenvalue weighted by Crippen LogP contribution is -2.30. The van der Waals surface area contributed by atoms with Crippen LogP contribution in [0.2, 0.25) is 0 Å². The molecule has 0 heterocycles. The predicted molar refractivity (Wildman–Crippen MR) is 418 cm³/mol. The first-order chi connectivity index (χ1) is 49.1. The Morgan fingerprint density at radius 1 is 0.245 bits per heavy atom. The molecule has 0 bridgehead atoms. The van der Waals surface area contributed by atoms with Gasteiger partial charge in [-0.1, -0.05) is 376 Å². The van der Waals surface area contributed by atoms with Crippen molar-refractivity contribution in [3.8, 4) is 0 Å². The average Bonchev–Trinajstić information content (AvgIpc) is 0.915. The number of carbonyl (C=O) groups excluding carboxylic acids is 4. The van der Waals surface area contributed by atoms with E-state index in [1.807, 2.05) is 0 Å². The first-order valence-electron chi connectivity index (χ1n) is 42.7. The Labute approximate surface area is 626 Å². The van der Waals surface area contributed by atoms with E-state index in [0.717, 1.165) is 114 Å². The summed E-state index contributed by atoms with van der Waals surface area (Å²) in [5.74, 6) is 0.960. The van der Waals surface area contributed by atoms with E-state index in [-0.39, 0.29) is 25.7 Å². The topological polar surface area (TPSA) is 237 Å². The molecule has 19 heteroatoms. The van der Waals surface area contributed by atoms with Crippen LogP contribution in [0.1, 0.15) is 428 Å². The van der Waals surface area contributed by atoms with Gasteiger partial charge >= 0.3 is 39.5 Å². The highest BCUT2D eigenvalue weighted by Gasteiger charge is 2.30. The van der Waals surface area contributed by atoms with Crippen LogP contribution in [-0.2, 0) is 65.4 Å². The molecule has 5 atom stereocenters. The Hall–Kier alpha value is -1.94. The Balaban J connectivity index is 5.16. The van der Waals surface area contributed by atoms with Crippen molar-refractivity contribution in [2.45, 2.75) is 446 Å². The van der Waals surface area contributed by atoms with Gasteiger partial charge in [0.15, 0.2) is 12.2 Å². The van der Waals surface area contributed by atoms with Crippen molar-refractivity contribution < 1.29 is 80.2 Å². The molecule has 0 aromatic rings. The number of rotatable bonds is 80. The van der Waals surface area contributed by atoms with Gasteiger partial charge in [0, 0.05) is 25.7 Å². The second kappa shape index (κ2) is 72.0. The van der Waals surface area contributed by atoms with Crippen molar-refractivity contribution in [2.75, 3.05) is 39.6 Å². The van der Waals surface area contributed by atoms with E-state index in [1.165, 1.54) is 225 Å². The maximum absolute atomic E-state index is 13.1. The van der Waals surface area contributed by atoms with Gasteiger partial charge < -0.3 is 33.8 Å². The summed E-state index contributed by atoms with van der Waals surface area (Å²) in [5.41, 5.74) is 0. The maximum Gasteiger partial charge on any atom is 0.472 e. The van der Waals surface area contributed by atoms with E-state index in [2.05, 4.69) is 55.4 Å². The van der Waals surface area contributed by atoms with Gasteiger partial charge in [-0.05, 0) is 49.4 Å². The summed E-state index contributed by atoms with van der Waals surface area (Å²) in [6, 6.07) is 0. The van der Waals surface area contributed by atoms with Crippen LogP contribution in [0.3, 0.4) is 0 Å². The predicted octanol–water partition coefficient (Wildman–Crippen LogP) is 24.8. The van der Waals surface area contributed by atoms with Crippen molar-refractivity contribution in [1.29, 1.82) is 0 Å². The van der Waals surface area contributed by atoms with E-state index in [9.17, 15) is 43.2 Å². The molecule has 0 aliphatic carbocycles. The maximum atomic E-state index is 13.1. The van der Waals surface area contributed by atoms with Crippen LogP contribution < -0.4 is 0 Å². The number of hydrogen-bond donors (Lipinski definition) is 3. The first kappa shape index (κ1) is 100. The zero-order valence-electron chi connectivity index (χ0n) is 67.2. The summed E-state index contributed by atoms with van der Waals surface area (Å²) in [7, 11) is -9.92. The van der Waals surface area contributed by atoms with E-state index in [0.29, 0.717) is 31.6 Å². The van der Waals surface area contributed by atoms with Crippen molar-refractivity contribution >= 4 is 39.5 Å². The Morgan fingerprint density at radius 2 is 0.412 bits per heavy atom. The summed E-state index contributed by atoms with van der Waals surface area (Å²) in [5, 5.41) is 10.6. The summed E-state index contributed by atoms with van der Waals surface area (Å²) in [4.78, 5) is 73.0. The van der Waals surface area contributed by atoms with Crippen LogP contribution in [0.4, 0.5) is 0 Å². The lowest BCUT2D eigenvalue weighted by Gasteiger charge is -2.21. The lowest BCUT2D eigenvalue weighted by molar-refractivity contribution is -0.161. The van der Waals surface area contributed by atoms with Gasteiger partial charge in [0.2, 0.25) is 0 Å². The molecule has 0 aliphatic heterocycles. The average molecular weight is 1490 g/mol. The Kier molecular flexibility index (Phi) is 70.6. The molecule has 0 saturated heterocycles. The third kappa shape index (κ3) is 76.3. The fourth-order valence-corrected chi connectivity index (χ4v) is 14.4. The normalized spacial score (nSPS) is 14.0. The van der Waals surface area contributed by atoms with Crippen molar-refractivity contribution in [1.82, 2.24) is 0 Å². The Bertz CT molecular complexity index is 1990. The number of ether oxygens (including phenoxy) is 4. The van der Waals surface area contributed by atoms with Crippen LogP contribution in [0.15, 0.2) is 0 Å². The number of phosphoric acid groups is 2. The van der Waals surface area contributed by atoms with Crippen LogP contribution >= 0.6 is 15.6 Å². The van der Waals surface area contributed by atoms with Crippen molar-refractivity contribution in [3.05, 3.63) is 0 Å². The number of esters is 4. The number of aliphatic hydroxyl groups excluding tert-OH is 1. The fourth-order valence-electron chi connectivity index (χ4n) is 12.8. The molecule has 0 amide bonds. The van der Waals surface area contributed by atoms with Gasteiger partial charge in [-0.25, -0.2) is 9.13 Å². The first-order valence-corrected chi connectivity index (χ1v) is 45.7. The molecule has 17 nitrogen and oxygen atoms in total. The fraction of sp³-hybridized carbons (Fsp3) is 0.952. The number of carbonyl (C=O) groups is 4. The van der Waals surface area contributed by atoms with Crippen LogP contribution in [0.25, 0.3) is 0 Å². The largest absolute Gasteiger partial charge is 0.472 e. The highest BCUT2D eigenvalue weighted by molar-refractivity contribution is 7.47. The van der Waals surface area contributed by atoms with E-state index in [4.69, 9.17) is 37.0 Å². The van der Waals surface area contributed by atoms with Crippen molar-refractivity contribution in [3.63, 3.8) is 0 Å². The Morgan fingerprint density at radius 3 is 0.608 bits per heavy atom. The standard InChI is InChI=1S/C83H162O17P2/c1-73(2)59-51-43-35-28-23-19-15-11-9-10-12-17-21-25-31-39-47-55-63-80(85)93-69-78(100-83(88)66-58-50-41-33-27-30-37-45-53-61-75(5)6)71-97-101(89,90)95-67-77(84)68-96-102(91,92)98-72-79(70-94-81(86)64-56-48-42-34-38-46-54-62-76(7)8)99-82(87)65-57-49-40-32-26-22-18-14-13-16-20-24-29-36-44-52-60-74(3)4/h73-79,84H,9-72H2,1-8H3,(H,89,90)(H,91,92)/t77?,78-,79-/m1/s1. The minimum atomic E-state index is -4.96. The molecule has 606 valence electrons. The molecular formula is C83H162O17P2. The van der Waals surface area contributed by atoms with Gasteiger partial charge in [0.25, 0.3) is 0 Å². The van der Waals surface area contributed by atoms with E-state index >= 15 is 0 Å². The number of phosphoric ester groups is 2. The molecule has 102 heavy (non-hydrogen) atoms. The van der Waals surface area contributed by atoms with E-state index in [1.54, 1.807) is 0 Å². The second-order valence-corrected chi connectivity index (χ2v) is 34.7. The second-order valence-electron chi connectivity index (χ2n) is 31.8. The van der Waals surface area contributed by atoms with Gasteiger partial charge in [-0.15, -0.1) is 0 Å². The van der Waals surface area contributed by atoms with E-state index < -0.39 is 97.5 Å². The quantitative estimate of drug-likeness (QED) is 0.0222. The van der Waals surface area contributed by atoms with Crippen molar-refractivity contribution in [2.24, 2.45) is 23.7 Å². The molecule has 0 aromatic carbocycles. The molecule has 0 radical (unpaired) electrons. The molecule has 0 fully saturated rings. The molecule has 0 aliphatic rings. The zero-order chi connectivity index (χ0) is 75.3. The summed E-state index contributed by atoms with van der Waals surface area (Å²) >= 11 is 0. The summed E-state index contributed by atoms with van der Waals surface area (Å²) in [6.07, 6.45) is 59.9. The SMILES string of the molecule is CC(C)CCCCCCCCCCCCCCCCCCCCC(=O)OC[C@H](COP(=O)(O)OCC(O)COP(=O)(O)OC[C@@H](COC(=O)CCCCCCCCCC(C)C)OC(=O)CCCCCCCCCCCCCCCCCCC(C)C)OC(=O)CCCCCCCCCCCC(C)C. The molecule has 0 rings (SSSR count). The lowest BCUT2D eigenvalue weighted by atomic mass is 10.0. The molecule has 3 unspecified atom stereocenters. The minimum Gasteiger partial charge on any atom is -0.462 e. The number of aliphatic hydroxyl groups is 1. The van der Waals surface area contributed by atoms with Crippen LogP contribution in [0.5, 0.6) is 0 Å². The van der Waals surface area contributed by atoms with Crippen LogP contribution in [-0.4, -0.2) is 96.7 Å². The highest BCUT2D eigenvalue weighted by atomic mass is 31.2. The van der Waals surface area contributed by atoms with Gasteiger partial charge in [-0.3, -0.25) is 37.3 Å². The highest BCUT2D eigenvalue weighted by Crippen LogP contribution is 2.45. The molecule has 0 saturated carbocycles. The number of unbranched alkanes of at least 4 members (excludes halogenated alkanes) is 46. The zero-order valence-corrected chi connectivity index (χ0v) is 69.0.